The molecule has 1 aliphatic heterocycles. The summed E-state index contributed by atoms with van der Waals surface area (Å²) in [6.45, 7) is 2.39. The number of pyridine rings is 1. The van der Waals surface area contributed by atoms with E-state index in [4.69, 9.17) is 9.84 Å². The number of rotatable bonds is 3. The van der Waals surface area contributed by atoms with Gasteiger partial charge in [-0.1, -0.05) is 6.07 Å². The minimum absolute atomic E-state index is 0.435. The fourth-order valence-electron chi connectivity index (χ4n) is 1.75. The molecule has 1 saturated heterocycles. The maximum absolute atomic E-state index is 10.8. The first-order valence-corrected chi connectivity index (χ1v) is 5.21. The Morgan fingerprint density at radius 2 is 2.56 bits per heavy atom. The SMILES string of the molecule is O=C(O)[C@H]1CN(Cc2cccnc2)CCO1. The van der Waals surface area contributed by atoms with Gasteiger partial charge in [0.15, 0.2) is 6.10 Å². The zero-order valence-corrected chi connectivity index (χ0v) is 8.87. The van der Waals surface area contributed by atoms with E-state index in [-0.39, 0.29) is 0 Å². The van der Waals surface area contributed by atoms with Crippen molar-refractivity contribution in [2.45, 2.75) is 12.6 Å². The lowest BCUT2D eigenvalue weighted by atomic mass is 10.2. The highest BCUT2D eigenvalue weighted by Crippen LogP contribution is 2.09. The van der Waals surface area contributed by atoms with Crippen molar-refractivity contribution in [2.24, 2.45) is 0 Å². The zero-order valence-electron chi connectivity index (χ0n) is 8.87. The van der Waals surface area contributed by atoms with Crippen molar-refractivity contribution in [1.82, 2.24) is 9.88 Å². The Labute approximate surface area is 93.7 Å². The van der Waals surface area contributed by atoms with Crippen molar-refractivity contribution in [3.8, 4) is 0 Å². The van der Waals surface area contributed by atoms with E-state index < -0.39 is 12.1 Å². The average Bonchev–Trinajstić information content (AvgIpc) is 2.30. The van der Waals surface area contributed by atoms with Gasteiger partial charge >= 0.3 is 5.97 Å². The molecule has 1 atom stereocenters. The van der Waals surface area contributed by atoms with E-state index in [1.54, 1.807) is 12.4 Å². The fraction of sp³-hybridized carbons (Fsp3) is 0.455. The van der Waals surface area contributed by atoms with Gasteiger partial charge in [-0.15, -0.1) is 0 Å². The maximum Gasteiger partial charge on any atom is 0.334 e. The highest BCUT2D eigenvalue weighted by atomic mass is 16.5. The van der Waals surface area contributed by atoms with Crippen LogP contribution in [0.1, 0.15) is 5.56 Å². The minimum Gasteiger partial charge on any atom is -0.479 e. The molecule has 0 aromatic carbocycles. The summed E-state index contributed by atoms with van der Waals surface area (Å²) in [6.07, 6.45) is 2.82. The molecule has 0 amide bonds. The molecule has 2 rings (SSSR count). The van der Waals surface area contributed by atoms with Gasteiger partial charge in [-0.05, 0) is 11.6 Å². The highest BCUT2D eigenvalue weighted by Gasteiger charge is 2.25. The van der Waals surface area contributed by atoms with E-state index in [1.165, 1.54) is 0 Å². The van der Waals surface area contributed by atoms with Gasteiger partial charge in [0.25, 0.3) is 0 Å². The minimum atomic E-state index is -0.893. The predicted octanol–water partition coefficient (Wildman–Crippen LogP) is 0.367. The second-order valence-electron chi connectivity index (χ2n) is 3.79. The van der Waals surface area contributed by atoms with Gasteiger partial charge in [0.1, 0.15) is 0 Å². The number of aliphatic carboxylic acids is 1. The summed E-state index contributed by atoms with van der Waals surface area (Å²) >= 11 is 0. The zero-order chi connectivity index (χ0) is 11.4. The third-order valence-corrected chi connectivity index (χ3v) is 2.55. The number of carboxylic acid groups (broad SMARTS) is 1. The van der Waals surface area contributed by atoms with Crippen LogP contribution < -0.4 is 0 Å². The summed E-state index contributed by atoms with van der Waals surface area (Å²) in [5.74, 6) is -0.893. The molecule has 1 fully saturated rings. The van der Waals surface area contributed by atoms with Crippen molar-refractivity contribution in [3.05, 3.63) is 30.1 Å². The van der Waals surface area contributed by atoms with Crippen LogP contribution >= 0.6 is 0 Å². The summed E-state index contributed by atoms with van der Waals surface area (Å²) in [5.41, 5.74) is 1.09. The van der Waals surface area contributed by atoms with Crippen LogP contribution in [0.4, 0.5) is 0 Å². The van der Waals surface area contributed by atoms with E-state index in [2.05, 4.69) is 9.88 Å². The summed E-state index contributed by atoms with van der Waals surface area (Å²) in [4.78, 5) is 16.9. The lowest BCUT2D eigenvalue weighted by Crippen LogP contribution is -2.45. The molecule has 5 nitrogen and oxygen atoms in total. The third kappa shape index (κ3) is 2.77. The van der Waals surface area contributed by atoms with Gasteiger partial charge in [0, 0.05) is 32.0 Å². The first kappa shape index (κ1) is 11.0. The number of hydrogen-bond acceptors (Lipinski definition) is 4. The first-order valence-electron chi connectivity index (χ1n) is 5.21. The summed E-state index contributed by atoms with van der Waals surface area (Å²) in [5, 5.41) is 8.86. The molecular weight excluding hydrogens is 208 g/mol. The smallest absolute Gasteiger partial charge is 0.334 e. The second kappa shape index (κ2) is 5.05. The molecule has 0 radical (unpaired) electrons. The van der Waals surface area contributed by atoms with Crippen molar-refractivity contribution < 1.29 is 14.6 Å². The van der Waals surface area contributed by atoms with Crippen LogP contribution in [0.25, 0.3) is 0 Å². The Kier molecular flexibility index (Phi) is 3.48. The van der Waals surface area contributed by atoms with Gasteiger partial charge in [-0.25, -0.2) is 4.79 Å². The van der Waals surface area contributed by atoms with E-state index in [1.807, 2.05) is 12.1 Å². The van der Waals surface area contributed by atoms with Gasteiger partial charge in [0.05, 0.1) is 6.61 Å². The van der Waals surface area contributed by atoms with Gasteiger partial charge in [-0.2, -0.15) is 0 Å². The number of carboxylic acids is 1. The fourth-order valence-corrected chi connectivity index (χ4v) is 1.75. The highest BCUT2D eigenvalue weighted by molar-refractivity contribution is 5.72. The number of aromatic nitrogens is 1. The molecular formula is C11H14N2O3. The molecule has 0 saturated carbocycles. The predicted molar refractivity (Wildman–Crippen MR) is 56.9 cm³/mol. The lowest BCUT2D eigenvalue weighted by Gasteiger charge is -2.30. The largest absolute Gasteiger partial charge is 0.479 e. The number of carbonyl (C=O) groups is 1. The number of ether oxygens (including phenoxy) is 1. The average molecular weight is 222 g/mol. The molecule has 2 heterocycles. The number of nitrogens with zero attached hydrogens (tertiary/aromatic N) is 2. The Balaban J connectivity index is 1.93. The Bertz CT molecular complexity index is 356. The van der Waals surface area contributed by atoms with Crippen LogP contribution in [0.5, 0.6) is 0 Å². The Morgan fingerprint density at radius 3 is 3.25 bits per heavy atom. The molecule has 16 heavy (non-hydrogen) atoms. The standard InChI is InChI=1S/C11H14N2O3/c14-11(15)10-8-13(4-5-16-10)7-9-2-1-3-12-6-9/h1-3,6,10H,4-5,7-8H2,(H,14,15)/t10-/m1/s1. The molecule has 0 spiro atoms. The van der Waals surface area contributed by atoms with Crippen LogP contribution in [0.3, 0.4) is 0 Å². The summed E-state index contributed by atoms with van der Waals surface area (Å²) in [6, 6.07) is 3.86. The normalized spacial score (nSPS) is 21.9. The topological polar surface area (TPSA) is 62.7 Å². The van der Waals surface area contributed by atoms with E-state index in [0.717, 1.165) is 18.7 Å². The number of hydrogen-bond donors (Lipinski definition) is 1. The van der Waals surface area contributed by atoms with E-state index >= 15 is 0 Å². The quantitative estimate of drug-likeness (QED) is 0.800. The van der Waals surface area contributed by atoms with Crippen LogP contribution in [-0.2, 0) is 16.1 Å². The van der Waals surface area contributed by atoms with Gasteiger partial charge in [-0.3, -0.25) is 9.88 Å². The molecule has 0 aliphatic carbocycles. The number of morpholine rings is 1. The molecule has 86 valence electrons. The molecule has 1 aliphatic rings. The molecule has 0 bridgehead atoms. The van der Waals surface area contributed by atoms with E-state index in [0.29, 0.717) is 13.2 Å². The molecule has 1 aromatic heterocycles. The van der Waals surface area contributed by atoms with Gasteiger partial charge < -0.3 is 9.84 Å². The van der Waals surface area contributed by atoms with Crippen LogP contribution in [0, 0.1) is 0 Å². The monoisotopic (exact) mass is 222 g/mol. The third-order valence-electron chi connectivity index (χ3n) is 2.55. The molecule has 1 N–H and O–H groups in total. The van der Waals surface area contributed by atoms with Crippen molar-refractivity contribution >= 4 is 5.97 Å². The van der Waals surface area contributed by atoms with Crippen molar-refractivity contribution in [3.63, 3.8) is 0 Å². The first-order chi connectivity index (χ1) is 7.75. The van der Waals surface area contributed by atoms with Gasteiger partial charge in [0.2, 0.25) is 0 Å². The van der Waals surface area contributed by atoms with Crippen LogP contribution in [-0.4, -0.2) is 46.8 Å². The Morgan fingerprint density at radius 1 is 1.69 bits per heavy atom. The van der Waals surface area contributed by atoms with Crippen molar-refractivity contribution in [2.75, 3.05) is 19.7 Å². The molecule has 0 unspecified atom stereocenters. The van der Waals surface area contributed by atoms with E-state index in [9.17, 15) is 4.79 Å². The van der Waals surface area contributed by atoms with Crippen LogP contribution in [0.15, 0.2) is 24.5 Å². The van der Waals surface area contributed by atoms with Crippen LogP contribution in [0.2, 0.25) is 0 Å². The molecule has 5 heteroatoms. The summed E-state index contributed by atoms with van der Waals surface area (Å²) in [7, 11) is 0. The maximum atomic E-state index is 10.8. The summed E-state index contributed by atoms with van der Waals surface area (Å²) < 4.78 is 5.15. The van der Waals surface area contributed by atoms with Crippen molar-refractivity contribution in [1.29, 1.82) is 0 Å². The second-order valence-corrected chi connectivity index (χ2v) is 3.79. The Hall–Kier alpha value is -1.46. The lowest BCUT2D eigenvalue weighted by molar-refractivity contribution is -0.156. The molecule has 1 aromatic rings.